The lowest BCUT2D eigenvalue weighted by atomic mass is 10.2. The average molecular weight is 241 g/mol. The van der Waals surface area contributed by atoms with Crippen LogP contribution in [0.2, 0.25) is 5.02 Å². The first-order valence-corrected chi connectivity index (χ1v) is 5.18. The normalized spacial score (nSPS) is 9.69. The maximum atomic E-state index is 11.4. The third-order valence-corrected chi connectivity index (χ3v) is 2.45. The van der Waals surface area contributed by atoms with Crippen LogP contribution in [0.5, 0.6) is 0 Å². The molecule has 0 saturated heterocycles. The predicted octanol–water partition coefficient (Wildman–Crippen LogP) is 1.72. The van der Waals surface area contributed by atoms with Gasteiger partial charge in [0.15, 0.2) is 0 Å². The van der Waals surface area contributed by atoms with Crippen LogP contribution in [0.25, 0.3) is 0 Å². The van der Waals surface area contributed by atoms with Gasteiger partial charge in [-0.3, -0.25) is 9.59 Å². The molecule has 0 radical (unpaired) electrons. The summed E-state index contributed by atoms with van der Waals surface area (Å²) in [5.41, 5.74) is 1.46. The van der Waals surface area contributed by atoms with Gasteiger partial charge >= 0.3 is 0 Å². The summed E-state index contributed by atoms with van der Waals surface area (Å²) in [4.78, 5) is 22.0. The summed E-state index contributed by atoms with van der Waals surface area (Å²) in [6, 6.07) is 5.26. The summed E-state index contributed by atoms with van der Waals surface area (Å²) in [6.07, 6.45) is 0. The van der Waals surface area contributed by atoms with E-state index in [4.69, 9.17) is 11.6 Å². The van der Waals surface area contributed by atoms with E-state index in [1.54, 1.807) is 18.2 Å². The highest BCUT2D eigenvalue weighted by molar-refractivity contribution is 6.31. The van der Waals surface area contributed by atoms with Crippen molar-refractivity contribution in [3.63, 3.8) is 0 Å². The van der Waals surface area contributed by atoms with Crippen molar-refractivity contribution in [3.05, 3.63) is 28.8 Å². The fourth-order valence-corrected chi connectivity index (χ4v) is 1.32. The Kier molecular flexibility index (Phi) is 4.31. The van der Waals surface area contributed by atoms with Crippen molar-refractivity contribution in [1.29, 1.82) is 0 Å². The Labute approximate surface area is 99.0 Å². The van der Waals surface area contributed by atoms with Crippen LogP contribution in [-0.4, -0.2) is 18.4 Å². The van der Waals surface area contributed by atoms with Crippen LogP contribution in [0, 0.1) is 6.92 Å². The Hall–Kier alpha value is -1.55. The zero-order chi connectivity index (χ0) is 12.1. The molecular formula is C11H13ClN2O2. The minimum atomic E-state index is -0.277. The molecule has 0 heterocycles. The zero-order valence-electron chi connectivity index (χ0n) is 9.13. The van der Waals surface area contributed by atoms with E-state index in [0.29, 0.717) is 10.7 Å². The fraction of sp³-hybridized carbons (Fsp3) is 0.273. The molecule has 2 amide bonds. The Balaban J connectivity index is 2.63. The van der Waals surface area contributed by atoms with Crippen LogP contribution in [0.15, 0.2) is 18.2 Å². The fourth-order valence-electron chi connectivity index (χ4n) is 1.14. The number of hydrogen-bond donors (Lipinski definition) is 2. The van der Waals surface area contributed by atoms with E-state index < -0.39 is 0 Å². The van der Waals surface area contributed by atoms with Gasteiger partial charge in [0.1, 0.15) is 0 Å². The van der Waals surface area contributed by atoms with E-state index in [1.807, 2.05) is 6.92 Å². The van der Waals surface area contributed by atoms with Crippen LogP contribution in [-0.2, 0) is 9.59 Å². The topological polar surface area (TPSA) is 58.2 Å². The molecule has 0 atom stereocenters. The SMILES string of the molecule is CC(=O)NCC(=O)Nc1cccc(Cl)c1C. The Bertz CT molecular complexity index is 418. The molecule has 0 saturated carbocycles. The van der Waals surface area contributed by atoms with Crippen molar-refractivity contribution >= 4 is 29.1 Å². The van der Waals surface area contributed by atoms with Gasteiger partial charge in [-0.2, -0.15) is 0 Å². The minimum Gasteiger partial charge on any atom is -0.347 e. The van der Waals surface area contributed by atoms with Crippen LogP contribution >= 0.6 is 11.6 Å². The first kappa shape index (κ1) is 12.5. The van der Waals surface area contributed by atoms with E-state index >= 15 is 0 Å². The highest BCUT2D eigenvalue weighted by Gasteiger charge is 2.06. The molecule has 0 aromatic heterocycles. The minimum absolute atomic E-state index is 0.0404. The second kappa shape index (κ2) is 5.51. The molecule has 4 nitrogen and oxygen atoms in total. The number of carbonyl (C=O) groups is 2. The number of rotatable bonds is 3. The lowest BCUT2D eigenvalue weighted by molar-refractivity contribution is -0.122. The molecular weight excluding hydrogens is 228 g/mol. The quantitative estimate of drug-likeness (QED) is 0.845. The van der Waals surface area contributed by atoms with Gasteiger partial charge in [0.05, 0.1) is 6.54 Å². The smallest absolute Gasteiger partial charge is 0.243 e. The lowest BCUT2D eigenvalue weighted by Gasteiger charge is -2.09. The summed E-state index contributed by atoms with van der Waals surface area (Å²) >= 11 is 5.90. The molecule has 1 rings (SSSR count). The first-order chi connectivity index (χ1) is 7.50. The van der Waals surface area contributed by atoms with Crippen molar-refractivity contribution in [2.24, 2.45) is 0 Å². The van der Waals surface area contributed by atoms with Crippen LogP contribution < -0.4 is 10.6 Å². The summed E-state index contributed by atoms with van der Waals surface area (Å²) in [6.45, 7) is 3.13. The average Bonchev–Trinajstić information content (AvgIpc) is 2.22. The number of nitrogens with one attached hydrogen (secondary N) is 2. The van der Waals surface area contributed by atoms with Gasteiger partial charge in [0.2, 0.25) is 11.8 Å². The summed E-state index contributed by atoms with van der Waals surface area (Å²) in [5, 5.41) is 5.68. The summed E-state index contributed by atoms with van der Waals surface area (Å²) in [5.74, 6) is -0.515. The van der Waals surface area contributed by atoms with E-state index in [-0.39, 0.29) is 18.4 Å². The van der Waals surface area contributed by atoms with E-state index in [1.165, 1.54) is 6.92 Å². The van der Waals surface area contributed by atoms with Gasteiger partial charge < -0.3 is 10.6 Å². The molecule has 5 heteroatoms. The highest BCUT2D eigenvalue weighted by atomic mass is 35.5. The monoisotopic (exact) mass is 240 g/mol. The summed E-state index contributed by atoms with van der Waals surface area (Å²) in [7, 11) is 0. The van der Waals surface area contributed by atoms with Gasteiger partial charge in [-0.1, -0.05) is 17.7 Å². The second-order valence-corrected chi connectivity index (χ2v) is 3.78. The maximum absolute atomic E-state index is 11.4. The molecule has 0 aliphatic carbocycles. The Morgan fingerprint density at radius 1 is 1.38 bits per heavy atom. The van der Waals surface area contributed by atoms with Crippen LogP contribution in [0.4, 0.5) is 5.69 Å². The maximum Gasteiger partial charge on any atom is 0.243 e. The molecule has 16 heavy (non-hydrogen) atoms. The molecule has 0 spiro atoms. The van der Waals surface area contributed by atoms with E-state index in [9.17, 15) is 9.59 Å². The first-order valence-electron chi connectivity index (χ1n) is 4.80. The third-order valence-electron chi connectivity index (χ3n) is 2.04. The van der Waals surface area contributed by atoms with E-state index in [0.717, 1.165) is 5.56 Å². The predicted molar refractivity (Wildman–Crippen MR) is 63.5 cm³/mol. The molecule has 0 aliphatic rings. The van der Waals surface area contributed by atoms with Crippen LogP contribution in [0.3, 0.4) is 0 Å². The molecule has 0 aliphatic heterocycles. The largest absolute Gasteiger partial charge is 0.347 e. The van der Waals surface area contributed by atoms with Gasteiger partial charge in [-0.15, -0.1) is 0 Å². The van der Waals surface area contributed by atoms with E-state index in [2.05, 4.69) is 10.6 Å². The van der Waals surface area contributed by atoms with Gasteiger partial charge in [-0.25, -0.2) is 0 Å². The number of carbonyl (C=O) groups excluding carboxylic acids is 2. The lowest BCUT2D eigenvalue weighted by Crippen LogP contribution is -2.31. The number of halogens is 1. The highest BCUT2D eigenvalue weighted by Crippen LogP contribution is 2.22. The molecule has 0 unspecified atom stereocenters. The van der Waals surface area contributed by atoms with Gasteiger partial charge in [0.25, 0.3) is 0 Å². The number of amides is 2. The van der Waals surface area contributed by atoms with Gasteiger partial charge in [0, 0.05) is 17.6 Å². The Morgan fingerprint density at radius 2 is 2.06 bits per heavy atom. The van der Waals surface area contributed by atoms with Gasteiger partial charge in [-0.05, 0) is 24.6 Å². The zero-order valence-corrected chi connectivity index (χ0v) is 9.89. The van der Waals surface area contributed by atoms with Crippen molar-refractivity contribution in [2.75, 3.05) is 11.9 Å². The third kappa shape index (κ3) is 3.55. The number of benzene rings is 1. The van der Waals surface area contributed by atoms with Crippen molar-refractivity contribution in [3.8, 4) is 0 Å². The second-order valence-electron chi connectivity index (χ2n) is 3.37. The van der Waals surface area contributed by atoms with Crippen LogP contribution in [0.1, 0.15) is 12.5 Å². The number of anilines is 1. The molecule has 86 valence electrons. The molecule has 0 fully saturated rings. The number of hydrogen-bond acceptors (Lipinski definition) is 2. The molecule has 1 aromatic rings. The van der Waals surface area contributed by atoms with Crippen molar-refractivity contribution in [2.45, 2.75) is 13.8 Å². The summed E-state index contributed by atoms with van der Waals surface area (Å²) < 4.78 is 0. The standard InChI is InChI=1S/C11H13ClN2O2/c1-7-9(12)4-3-5-10(7)14-11(16)6-13-8(2)15/h3-5H,6H2,1-2H3,(H,13,15)(H,14,16). The molecule has 2 N–H and O–H groups in total. The Morgan fingerprint density at radius 3 is 2.69 bits per heavy atom. The van der Waals surface area contributed by atoms with Crippen molar-refractivity contribution < 1.29 is 9.59 Å². The molecule has 1 aromatic carbocycles. The molecule has 0 bridgehead atoms. The van der Waals surface area contributed by atoms with Crippen molar-refractivity contribution in [1.82, 2.24) is 5.32 Å².